The molecule has 0 radical (unpaired) electrons. The molecule has 0 bridgehead atoms. The summed E-state index contributed by atoms with van der Waals surface area (Å²) in [5, 5.41) is 12.2. The van der Waals surface area contributed by atoms with E-state index in [9.17, 15) is 9.59 Å². The summed E-state index contributed by atoms with van der Waals surface area (Å²) >= 11 is 0. The smallest absolute Gasteiger partial charge is 0.306 e. The number of hydrogen-bond donors (Lipinski definition) is 2. The molecule has 2 fully saturated rings. The number of nitrogens with zero attached hydrogens (tertiary/aromatic N) is 1. The average molecular weight is 282 g/mol. The fourth-order valence-electron chi connectivity index (χ4n) is 3.29. The molecule has 1 aliphatic carbocycles. The number of hydrogen-bond acceptors (Lipinski definition) is 3. The lowest BCUT2D eigenvalue weighted by Gasteiger charge is -2.30. The van der Waals surface area contributed by atoms with Crippen LogP contribution >= 0.6 is 0 Å². The molecule has 0 atom stereocenters. The highest BCUT2D eigenvalue weighted by molar-refractivity contribution is 5.78. The standard InChI is InChI=1S/C15H26N2O3/c18-14(11-16-8-5-12-3-1-2-4-12)17-9-6-13(7-10-17)15(19)20/h12-13,16H,1-11H2,(H,19,20). The van der Waals surface area contributed by atoms with Gasteiger partial charge in [0.2, 0.25) is 5.91 Å². The van der Waals surface area contributed by atoms with Crippen molar-refractivity contribution in [1.29, 1.82) is 0 Å². The van der Waals surface area contributed by atoms with Crippen molar-refractivity contribution in [2.24, 2.45) is 11.8 Å². The minimum absolute atomic E-state index is 0.111. The van der Waals surface area contributed by atoms with Crippen LogP contribution in [-0.2, 0) is 9.59 Å². The van der Waals surface area contributed by atoms with Crippen molar-refractivity contribution in [3.8, 4) is 0 Å². The van der Waals surface area contributed by atoms with E-state index in [1.54, 1.807) is 4.90 Å². The van der Waals surface area contributed by atoms with Crippen LogP contribution in [-0.4, -0.2) is 48.1 Å². The van der Waals surface area contributed by atoms with Gasteiger partial charge in [-0.2, -0.15) is 0 Å². The Bertz CT molecular complexity index is 332. The molecule has 5 heteroatoms. The van der Waals surface area contributed by atoms with Gasteiger partial charge in [0.25, 0.3) is 0 Å². The Labute approximate surface area is 120 Å². The van der Waals surface area contributed by atoms with Crippen molar-refractivity contribution in [3.63, 3.8) is 0 Å². The fourth-order valence-corrected chi connectivity index (χ4v) is 3.29. The van der Waals surface area contributed by atoms with E-state index in [0.29, 0.717) is 32.5 Å². The molecular formula is C15H26N2O3. The molecule has 0 aromatic carbocycles. The molecule has 5 nitrogen and oxygen atoms in total. The number of rotatable bonds is 6. The fraction of sp³-hybridized carbons (Fsp3) is 0.867. The number of aliphatic carboxylic acids is 1. The molecule has 0 unspecified atom stereocenters. The van der Waals surface area contributed by atoms with Gasteiger partial charge < -0.3 is 15.3 Å². The molecule has 1 saturated carbocycles. The van der Waals surface area contributed by atoms with Gasteiger partial charge in [0.1, 0.15) is 0 Å². The Balaban J connectivity index is 1.57. The summed E-state index contributed by atoms with van der Waals surface area (Å²) in [5.41, 5.74) is 0. The van der Waals surface area contributed by atoms with Crippen LogP contribution in [0.3, 0.4) is 0 Å². The normalized spacial score (nSPS) is 21.3. The number of likely N-dealkylation sites (tertiary alicyclic amines) is 1. The lowest BCUT2D eigenvalue weighted by atomic mass is 9.97. The Kier molecular flexibility index (Phi) is 5.83. The average Bonchev–Trinajstić information content (AvgIpc) is 2.96. The van der Waals surface area contributed by atoms with Crippen molar-refractivity contribution in [1.82, 2.24) is 10.2 Å². The molecule has 2 rings (SSSR count). The van der Waals surface area contributed by atoms with Crippen molar-refractivity contribution in [3.05, 3.63) is 0 Å². The summed E-state index contributed by atoms with van der Waals surface area (Å²) < 4.78 is 0. The van der Waals surface area contributed by atoms with E-state index in [1.165, 1.54) is 32.1 Å². The second-order valence-electron chi connectivity index (χ2n) is 6.11. The van der Waals surface area contributed by atoms with E-state index in [-0.39, 0.29) is 11.8 Å². The third kappa shape index (κ3) is 4.47. The Hall–Kier alpha value is -1.10. The van der Waals surface area contributed by atoms with E-state index in [1.807, 2.05) is 0 Å². The van der Waals surface area contributed by atoms with Crippen LogP contribution in [0.4, 0.5) is 0 Å². The zero-order valence-corrected chi connectivity index (χ0v) is 12.1. The van der Waals surface area contributed by atoms with Gasteiger partial charge in [-0.1, -0.05) is 25.7 Å². The molecule has 0 spiro atoms. The molecule has 2 N–H and O–H groups in total. The van der Waals surface area contributed by atoms with Crippen LogP contribution in [0.25, 0.3) is 0 Å². The Morgan fingerprint density at radius 2 is 1.75 bits per heavy atom. The van der Waals surface area contributed by atoms with Crippen LogP contribution < -0.4 is 5.32 Å². The first-order valence-corrected chi connectivity index (χ1v) is 7.88. The maximum Gasteiger partial charge on any atom is 0.306 e. The van der Waals surface area contributed by atoms with Gasteiger partial charge in [0.15, 0.2) is 0 Å². The first-order valence-electron chi connectivity index (χ1n) is 7.88. The molecule has 2 aliphatic rings. The van der Waals surface area contributed by atoms with Gasteiger partial charge >= 0.3 is 5.97 Å². The minimum Gasteiger partial charge on any atom is -0.481 e. The number of carbonyl (C=O) groups excluding carboxylic acids is 1. The van der Waals surface area contributed by atoms with Crippen LogP contribution in [0.5, 0.6) is 0 Å². The predicted molar refractivity (Wildman–Crippen MR) is 76.4 cm³/mol. The van der Waals surface area contributed by atoms with E-state index in [2.05, 4.69) is 5.32 Å². The van der Waals surface area contributed by atoms with Gasteiger partial charge in [0.05, 0.1) is 12.5 Å². The minimum atomic E-state index is -0.730. The van der Waals surface area contributed by atoms with Gasteiger partial charge in [-0.15, -0.1) is 0 Å². The van der Waals surface area contributed by atoms with E-state index in [4.69, 9.17) is 5.11 Å². The summed E-state index contributed by atoms with van der Waals surface area (Å²) in [6.45, 7) is 2.48. The SMILES string of the molecule is O=C(O)C1CCN(C(=O)CNCCC2CCCC2)CC1. The zero-order valence-electron chi connectivity index (χ0n) is 12.1. The highest BCUT2D eigenvalue weighted by Gasteiger charge is 2.26. The maximum atomic E-state index is 12.0. The molecule has 1 saturated heterocycles. The van der Waals surface area contributed by atoms with Crippen molar-refractivity contribution < 1.29 is 14.7 Å². The lowest BCUT2D eigenvalue weighted by molar-refractivity contribution is -0.145. The summed E-state index contributed by atoms with van der Waals surface area (Å²) in [6.07, 6.45) is 7.77. The van der Waals surface area contributed by atoms with Gasteiger partial charge in [0, 0.05) is 13.1 Å². The topological polar surface area (TPSA) is 69.6 Å². The van der Waals surface area contributed by atoms with E-state index >= 15 is 0 Å². The van der Waals surface area contributed by atoms with E-state index in [0.717, 1.165) is 12.5 Å². The maximum absolute atomic E-state index is 12.0. The summed E-state index contributed by atoms with van der Waals surface area (Å²) in [6, 6.07) is 0. The van der Waals surface area contributed by atoms with E-state index < -0.39 is 5.97 Å². The summed E-state index contributed by atoms with van der Waals surface area (Å²) in [7, 11) is 0. The van der Waals surface area contributed by atoms with Crippen molar-refractivity contribution in [2.75, 3.05) is 26.2 Å². The molecule has 1 heterocycles. The monoisotopic (exact) mass is 282 g/mol. The molecule has 114 valence electrons. The third-order valence-electron chi connectivity index (χ3n) is 4.68. The summed E-state index contributed by atoms with van der Waals surface area (Å²) in [4.78, 5) is 24.6. The second kappa shape index (κ2) is 7.62. The molecule has 1 amide bonds. The molecule has 0 aromatic heterocycles. The number of carbonyl (C=O) groups is 2. The molecule has 0 aromatic rings. The molecule has 20 heavy (non-hydrogen) atoms. The number of nitrogens with one attached hydrogen (secondary N) is 1. The van der Waals surface area contributed by atoms with Crippen molar-refractivity contribution >= 4 is 11.9 Å². The first-order chi connectivity index (χ1) is 9.66. The highest BCUT2D eigenvalue weighted by Crippen LogP contribution is 2.26. The largest absolute Gasteiger partial charge is 0.481 e. The van der Waals surface area contributed by atoms with Gasteiger partial charge in [-0.3, -0.25) is 9.59 Å². The highest BCUT2D eigenvalue weighted by atomic mass is 16.4. The van der Waals surface area contributed by atoms with Crippen LogP contribution in [0, 0.1) is 11.8 Å². The van der Waals surface area contributed by atoms with Crippen LogP contribution in [0.2, 0.25) is 0 Å². The molecule has 1 aliphatic heterocycles. The van der Waals surface area contributed by atoms with Crippen LogP contribution in [0.15, 0.2) is 0 Å². The second-order valence-corrected chi connectivity index (χ2v) is 6.11. The lowest BCUT2D eigenvalue weighted by Crippen LogP contribution is -2.44. The quantitative estimate of drug-likeness (QED) is 0.724. The molecular weight excluding hydrogens is 256 g/mol. The number of piperidine rings is 1. The number of carboxylic acids is 1. The predicted octanol–water partition coefficient (Wildman–Crippen LogP) is 1.48. The Morgan fingerprint density at radius 1 is 1.10 bits per heavy atom. The summed E-state index contributed by atoms with van der Waals surface area (Å²) in [5.74, 6) is -0.0367. The third-order valence-corrected chi connectivity index (χ3v) is 4.68. The number of carboxylic acid groups (broad SMARTS) is 1. The van der Waals surface area contributed by atoms with Crippen molar-refractivity contribution in [2.45, 2.75) is 44.9 Å². The van der Waals surface area contributed by atoms with Crippen LogP contribution in [0.1, 0.15) is 44.9 Å². The van der Waals surface area contributed by atoms with Gasteiger partial charge in [-0.05, 0) is 31.7 Å². The first kappa shape index (κ1) is 15.3. The van der Waals surface area contributed by atoms with Gasteiger partial charge in [-0.25, -0.2) is 0 Å². The number of amides is 1. The Morgan fingerprint density at radius 3 is 2.35 bits per heavy atom. The zero-order chi connectivity index (χ0) is 14.4.